The second kappa shape index (κ2) is 8.87. The SMILES string of the molecule is O=C(COC(=O)c1ccc(N2C(=O)[C@@H]3[C@H]4C[C@@H]([C@H](Cl)[C@H]4Cl)[C@@H]3C2=O)cc1)Nc1ccc(Cl)cc1. The largest absolute Gasteiger partial charge is 0.452 e. The van der Waals surface area contributed by atoms with Crippen LogP contribution in [-0.2, 0) is 19.1 Å². The minimum atomic E-state index is -0.707. The summed E-state index contributed by atoms with van der Waals surface area (Å²) in [5.41, 5.74) is 1.08. The molecule has 1 N–H and O–H groups in total. The average Bonchev–Trinajstić information content (AvgIpc) is 3.44. The molecule has 3 amide bonds. The van der Waals surface area contributed by atoms with Gasteiger partial charge in [0.25, 0.3) is 5.91 Å². The second-order valence-electron chi connectivity index (χ2n) is 8.69. The van der Waals surface area contributed by atoms with Crippen molar-refractivity contribution >= 4 is 69.9 Å². The van der Waals surface area contributed by atoms with Crippen LogP contribution in [0.5, 0.6) is 0 Å². The molecule has 2 aromatic carbocycles. The van der Waals surface area contributed by atoms with Gasteiger partial charge in [0, 0.05) is 10.7 Å². The molecule has 1 heterocycles. The number of halogens is 3. The number of benzene rings is 2. The van der Waals surface area contributed by atoms with E-state index in [4.69, 9.17) is 39.5 Å². The Balaban J connectivity index is 1.21. The first-order chi connectivity index (χ1) is 16.3. The summed E-state index contributed by atoms with van der Waals surface area (Å²) in [6, 6.07) is 12.4. The monoisotopic (exact) mass is 520 g/mol. The maximum atomic E-state index is 13.1. The van der Waals surface area contributed by atoms with Crippen LogP contribution >= 0.6 is 34.8 Å². The van der Waals surface area contributed by atoms with Crippen LogP contribution in [-0.4, -0.2) is 41.1 Å². The molecular formula is C24H19Cl3N2O5. The third-order valence-corrected chi connectivity index (χ3v) is 8.38. The number of alkyl halides is 2. The van der Waals surface area contributed by atoms with Crippen LogP contribution in [0.4, 0.5) is 11.4 Å². The van der Waals surface area contributed by atoms with Gasteiger partial charge < -0.3 is 10.1 Å². The highest BCUT2D eigenvalue weighted by Gasteiger charge is 2.66. The number of ether oxygens (including phenoxy) is 1. The molecule has 5 rings (SSSR count). The Morgan fingerprint density at radius 2 is 1.47 bits per heavy atom. The number of esters is 1. The van der Waals surface area contributed by atoms with Crippen molar-refractivity contribution in [3.8, 4) is 0 Å². The number of carbonyl (C=O) groups excluding carboxylic acids is 4. The Kier molecular flexibility index (Phi) is 6.04. The Hall–Kier alpha value is -2.61. The van der Waals surface area contributed by atoms with Crippen molar-refractivity contribution in [2.45, 2.75) is 17.2 Å². The normalized spacial score (nSPS) is 29.3. The molecule has 0 spiro atoms. The molecule has 2 bridgehead atoms. The smallest absolute Gasteiger partial charge is 0.338 e. The molecule has 1 saturated heterocycles. The zero-order valence-corrected chi connectivity index (χ0v) is 19.9. The molecule has 0 unspecified atom stereocenters. The standard InChI is InChI=1S/C24H19Cl3N2O5/c25-12-3-5-13(6-4-12)28-17(30)10-34-24(33)11-1-7-14(8-2-11)29-22(31)18-15-9-16(19(18)23(29)32)21(27)20(15)26/h1-8,15-16,18-21H,9-10H2,(H,28,30)/t15-,16-,18-,19+,20+,21+/m1/s1. The molecule has 0 radical (unpaired) electrons. The number of anilines is 2. The molecule has 34 heavy (non-hydrogen) atoms. The van der Waals surface area contributed by atoms with E-state index in [9.17, 15) is 19.2 Å². The number of carbonyl (C=O) groups is 4. The van der Waals surface area contributed by atoms with E-state index in [2.05, 4.69) is 5.32 Å². The van der Waals surface area contributed by atoms with E-state index >= 15 is 0 Å². The topological polar surface area (TPSA) is 92.8 Å². The first-order valence-electron chi connectivity index (χ1n) is 10.7. The van der Waals surface area contributed by atoms with Gasteiger partial charge in [-0.15, -0.1) is 23.2 Å². The summed E-state index contributed by atoms with van der Waals surface area (Å²) in [5, 5.41) is 2.49. The lowest BCUT2D eigenvalue weighted by molar-refractivity contribution is -0.123. The van der Waals surface area contributed by atoms with Crippen LogP contribution in [0.25, 0.3) is 0 Å². The minimum Gasteiger partial charge on any atom is -0.452 e. The molecule has 0 aromatic heterocycles. The Morgan fingerprint density at radius 3 is 2.03 bits per heavy atom. The van der Waals surface area contributed by atoms with Gasteiger partial charge in [0.2, 0.25) is 11.8 Å². The summed E-state index contributed by atoms with van der Waals surface area (Å²) in [6.45, 7) is -0.475. The van der Waals surface area contributed by atoms with Gasteiger partial charge in [0.05, 0.1) is 33.8 Å². The van der Waals surface area contributed by atoms with E-state index in [1.807, 2.05) is 0 Å². The highest BCUT2D eigenvalue weighted by molar-refractivity contribution is 6.32. The van der Waals surface area contributed by atoms with Gasteiger partial charge >= 0.3 is 5.97 Å². The van der Waals surface area contributed by atoms with Crippen molar-refractivity contribution in [2.75, 3.05) is 16.8 Å². The van der Waals surface area contributed by atoms with E-state index in [1.165, 1.54) is 29.2 Å². The van der Waals surface area contributed by atoms with Crippen molar-refractivity contribution in [1.29, 1.82) is 0 Å². The fraction of sp³-hybridized carbons (Fsp3) is 0.333. The lowest BCUT2D eigenvalue weighted by Crippen LogP contribution is -2.37. The molecule has 1 aliphatic heterocycles. The number of imide groups is 1. The van der Waals surface area contributed by atoms with E-state index in [0.29, 0.717) is 22.8 Å². The second-order valence-corrected chi connectivity index (χ2v) is 10.1. The summed E-state index contributed by atoms with van der Waals surface area (Å²) in [7, 11) is 0. The lowest BCUT2D eigenvalue weighted by atomic mass is 9.80. The number of hydrogen-bond donors (Lipinski definition) is 1. The average molecular weight is 522 g/mol. The number of nitrogens with zero attached hydrogens (tertiary/aromatic N) is 1. The van der Waals surface area contributed by atoms with Crippen LogP contribution in [0.1, 0.15) is 16.8 Å². The molecule has 3 fully saturated rings. The zero-order chi connectivity index (χ0) is 24.1. The van der Waals surface area contributed by atoms with Gasteiger partial charge in [-0.1, -0.05) is 11.6 Å². The van der Waals surface area contributed by atoms with Gasteiger partial charge in [0.1, 0.15) is 0 Å². The number of fused-ring (bicyclic) bond motifs is 5. The highest BCUT2D eigenvalue weighted by Crippen LogP contribution is 2.59. The summed E-state index contributed by atoms with van der Waals surface area (Å²) >= 11 is 18.6. The van der Waals surface area contributed by atoms with Crippen LogP contribution in [0.15, 0.2) is 48.5 Å². The number of hydrogen-bond acceptors (Lipinski definition) is 5. The predicted molar refractivity (Wildman–Crippen MR) is 127 cm³/mol. The fourth-order valence-electron chi connectivity index (χ4n) is 5.29. The summed E-state index contributed by atoms with van der Waals surface area (Å²) in [6.07, 6.45) is 0.694. The molecule has 2 aliphatic carbocycles. The summed E-state index contributed by atoms with van der Waals surface area (Å²) in [4.78, 5) is 51.6. The number of rotatable bonds is 5. The van der Waals surface area contributed by atoms with E-state index in [-0.39, 0.29) is 40.0 Å². The van der Waals surface area contributed by atoms with Crippen molar-refractivity contribution in [1.82, 2.24) is 0 Å². The molecule has 10 heteroatoms. The maximum Gasteiger partial charge on any atom is 0.338 e. The van der Waals surface area contributed by atoms with Gasteiger partial charge in [-0.25, -0.2) is 4.79 Å². The Morgan fingerprint density at radius 1 is 0.912 bits per heavy atom. The minimum absolute atomic E-state index is 0.103. The van der Waals surface area contributed by atoms with Crippen LogP contribution in [0.2, 0.25) is 5.02 Å². The van der Waals surface area contributed by atoms with Gasteiger partial charge in [-0.05, 0) is 66.8 Å². The molecule has 7 nitrogen and oxygen atoms in total. The third kappa shape index (κ3) is 3.85. The van der Waals surface area contributed by atoms with E-state index in [0.717, 1.165) is 0 Å². The van der Waals surface area contributed by atoms with Gasteiger partial charge in [-0.3, -0.25) is 19.3 Å². The van der Waals surface area contributed by atoms with E-state index in [1.54, 1.807) is 24.3 Å². The lowest BCUT2D eigenvalue weighted by Gasteiger charge is -2.28. The Labute approximate surface area is 210 Å². The van der Waals surface area contributed by atoms with Crippen molar-refractivity contribution in [3.05, 3.63) is 59.1 Å². The summed E-state index contributed by atoms with van der Waals surface area (Å²) in [5.74, 6) is -2.85. The molecular weight excluding hydrogens is 503 g/mol. The van der Waals surface area contributed by atoms with Crippen molar-refractivity contribution < 1.29 is 23.9 Å². The van der Waals surface area contributed by atoms with Crippen LogP contribution in [0.3, 0.4) is 0 Å². The maximum absolute atomic E-state index is 13.1. The molecule has 176 valence electrons. The van der Waals surface area contributed by atoms with E-state index < -0.39 is 30.3 Å². The van der Waals surface area contributed by atoms with Crippen LogP contribution < -0.4 is 10.2 Å². The first kappa shape index (κ1) is 23.1. The van der Waals surface area contributed by atoms with Crippen molar-refractivity contribution in [2.24, 2.45) is 23.7 Å². The van der Waals surface area contributed by atoms with Crippen LogP contribution in [0, 0.1) is 23.7 Å². The fourth-order valence-corrected chi connectivity index (χ4v) is 6.31. The zero-order valence-electron chi connectivity index (χ0n) is 17.6. The highest BCUT2D eigenvalue weighted by atomic mass is 35.5. The molecule has 2 saturated carbocycles. The molecule has 6 atom stereocenters. The van der Waals surface area contributed by atoms with Crippen molar-refractivity contribution in [3.63, 3.8) is 0 Å². The summed E-state index contributed by atoms with van der Waals surface area (Å²) < 4.78 is 5.06. The van der Waals surface area contributed by atoms with Gasteiger partial charge in [-0.2, -0.15) is 0 Å². The first-order valence-corrected chi connectivity index (χ1v) is 12.0. The number of nitrogens with one attached hydrogen (secondary N) is 1. The van der Waals surface area contributed by atoms with Gasteiger partial charge in [0.15, 0.2) is 6.61 Å². The third-order valence-electron chi connectivity index (χ3n) is 6.81. The molecule has 2 aromatic rings. The Bertz CT molecular complexity index is 1140. The number of amides is 3. The molecule has 3 aliphatic rings. The quantitative estimate of drug-likeness (QED) is 0.363. The predicted octanol–water partition coefficient (Wildman–Crippen LogP) is 4.11.